The third-order valence-electron chi connectivity index (χ3n) is 2.81. The molecule has 0 fully saturated rings. The van der Waals surface area contributed by atoms with Crippen LogP contribution in [0, 0.1) is 0 Å². The Morgan fingerprint density at radius 2 is 2.16 bits per heavy atom. The van der Waals surface area contributed by atoms with Gasteiger partial charge >= 0.3 is 0 Å². The quantitative estimate of drug-likeness (QED) is 0.793. The van der Waals surface area contributed by atoms with Crippen LogP contribution in [0.25, 0.3) is 0 Å². The van der Waals surface area contributed by atoms with Gasteiger partial charge in [-0.1, -0.05) is 12.1 Å². The number of fused-ring (bicyclic) bond motifs is 1. The van der Waals surface area contributed by atoms with Crippen molar-refractivity contribution in [2.24, 2.45) is 0 Å². The van der Waals surface area contributed by atoms with E-state index in [1.165, 1.54) is 16.2 Å². The summed E-state index contributed by atoms with van der Waals surface area (Å²) in [6.45, 7) is 0.0374. The summed E-state index contributed by atoms with van der Waals surface area (Å²) in [5, 5.41) is 4.55. The number of thiophene rings is 1. The maximum atomic E-state index is 12.4. The van der Waals surface area contributed by atoms with E-state index in [9.17, 15) is 9.59 Å². The Balaban J connectivity index is 2.01. The zero-order chi connectivity index (χ0) is 13.4. The minimum atomic E-state index is -0.185. The number of benzene rings is 1. The fraction of sp³-hybridized carbons (Fsp3) is 0.0769. The van der Waals surface area contributed by atoms with Crippen molar-refractivity contribution in [2.75, 3.05) is 16.8 Å². The molecule has 3 rings (SSSR count). The number of hydrogen-bond donors (Lipinski definition) is 2. The monoisotopic (exact) mass is 290 g/mol. The van der Waals surface area contributed by atoms with Gasteiger partial charge in [-0.05, 0) is 18.2 Å². The van der Waals surface area contributed by atoms with Crippen LogP contribution in [0.4, 0.5) is 11.4 Å². The summed E-state index contributed by atoms with van der Waals surface area (Å²) in [7, 11) is 0. The SMILES string of the molecule is O=C1CN(C(=O)c2cc(S)cs2)c2ccccc2N1. The lowest BCUT2D eigenvalue weighted by Crippen LogP contribution is -2.41. The highest BCUT2D eigenvalue weighted by Crippen LogP contribution is 2.31. The molecule has 96 valence electrons. The van der Waals surface area contributed by atoms with Crippen molar-refractivity contribution in [3.63, 3.8) is 0 Å². The van der Waals surface area contributed by atoms with Crippen LogP contribution in [0.1, 0.15) is 9.67 Å². The Hall–Kier alpha value is -1.79. The van der Waals surface area contributed by atoms with Crippen LogP contribution < -0.4 is 10.2 Å². The number of hydrogen-bond acceptors (Lipinski definition) is 4. The molecule has 1 aliphatic heterocycles. The zero-order valence-corrected chi connectivity index (χ0v) is 11.5. The molecular weight excluding hydrogens is 280 g/mol. The molecule has 0 bridgehead atoms. The lowest BCUT2D eigenvalue weighted by Gasteiger charge is -2.28. The van der Waals surface area contributed by atoms with Crippen molar-refractivity contribution < 1.29 is 9.59 Å². The molecule has 0 saturated heterocycles. The number of amides is 2. The van der Waals surface area contributed by atoms with E-state index in [2.05, 4.69) is 17.9 Å². The summed E-state index contributed by atoms with van der Waals surface area (Å²) in [4.78, 5) is 26.9. The van der Waals surface area contributed by atoms with Crippen LogP contribution in [-0.2, 0) is 4.79 Å². The average Bonchev–Trinajstić information content (AvgIpc) is 2.83. The summed E-state index contributed by atoms with van der Waals surface area (Å²) >= 11 is 5.53. The Kier molecular flexibility index (Phi) is 3.04. The van der Waals surface area contributed by atoms with E-state index in [0.29, 0.717) is 10.6 Å². The smallest absolute Gasteiger partial charge is 0.268 e. The number of nitrogens with zero attached hydrogens (tertiary/aromatic N) is 1. The van der Waals surface area contributed by atoms with Crippen LogP contribution in [0.15, 0.2) is 40.6 Å². The highest BCUT2D eigenvalue weighted by Gasteiger charge is 2.27. The van der Waals surface area contributed by atoms with Gasteiger partial charge in [-0.25, -0.2) is 0 Å². The van der Waals surface area contributed by atoms with Crippen molar-refractivity contribution in [3.8, 4) is 0 Å². The normalized spacial score (nSPS) is 13.9. The first-order chi connectivity index (χ1) is 9.15. The molecule has 0 radical (unpaired) electrons. The third-order valence-corrected chi connectivity index (χ3v) is 4.16. The van der Waals surface area contributed by atoms with Crippen molar-refractivity contribution in [1.29, 1.82) is 0 Å². The van der Waals surface area contributed by atoms with Gasteiger partial charge in [0.05, 0.1) is 16.3 Å². The first-order valence-corrected chi connectivity index (χ1v) is 6.96. The molecule has 4 nitrogen and oxygen atoms in total. The van der Waals surface area contributed by atoms with E-state index >= 15 is 0 Å². The maximum absolute atomic E-state index is 12.4. The predicted octanol–water partition coefficient (Wildman–Crippen LogP) is 2.64. The number of nitrogens with one attached hydrogen (secondary N) is 1. The summed E-state index contributed by atoms with van der Waals surface area (Å²) in [5.41, 5.74) is 1.39. The van der Waals surface area contributed by atoms with Gasteiger partial charge < -0.3 is 5.32 Å². The number of rotatable bonds is 1. The summed E-state index contributed by atoms with van der Waals surface area (Å²) in [6.07, 6.45) is 0. The van der Waals surface area contributed by atoms with Crippen molar-refractivity contribution in [2.45, 2.75) is 4.90 Å². The fourth-order valence-corrected chi connectivity index (χ4v) is 3.08. The molecule has 6 heteroatoms. The second-order valence-corrected chi connectivity index (χ2v) is 5.55. The first kappa shape index (κ1) is 12.3. The van der Waals surface area contributed by atoms with Gasteiger partial charge in [0.15, 0.2) is 0 Å². The Bertz CT molecular complexity index is 666. The molecule has 1 N–H and O–H groups in total. The molecule has 2 aromatic rings. The lowest BCUT2D eigenvalue weighted by molar-refractivity contribution is -0.115. The van der Waals surface area contributed by atoms with E-state index < -0.39 is 0 Å². The molecule has 1 aromatic heterocycles. The number of para-hydroxylation sites is 2. The van der Waals surface area contributed by atoms with Crippen LogP contribution in [0.2, 0.25) is 0 Å². The molecule has 0 aliphatic carbocycles. The number of carbonyl (C=O) groups excluding carboxylic acids is 2. The second kappa shape index (κ2) is 4.71. The minimum Gasteiger partial charge on any atom is -0.323 e. The maximum Gasteiger partial charge on any atom is 0.268 e. The second-order valence-electron chi connectivity index (χ2n) is 4.13. The highest BCUT2D eigenvalue weighted by molar-refractivity contribution is 7.80. The van der Waals surface area contributed by atoms with Crippen LogP contribution in [0.3, 0.4) is 0 Å². The Morgan fingerprint density at radius 3 is 2.89 bits per heavy atom. The predicted molar refractivity (Wildman–Crippen MR) is 78.3 cm³/mol. The summed E-state index contributed by atoms with van der Waals surface area (Å²) in [6, 6.07) is 8.98. The third kappa shape index (κ3) is 2.24. The van der Waals surface area contributed by atoms with E-state index in [4.69, 9.17) is 0 Å². The summed E-state index contributed by atoms with van der Waals surface area (Å²) in [5.74, 6) is -0.359. The molecule has 0 saturated carbocycles. The molecule has 1 aliphatic rings. The topological polar surface area (TPSA) is 49.4 Å². The lowest BCUT2D eigenvalue weighted by atomic mass is 10.2. The van der Waals surface area contributed by atoms with Gasteiger partial charge in [0.25, 0.3) is 5.91 Å². The van der Waals surface area contributed by atoms with E-state index in [0.717, 1.165) is 10.6 Å². The Morgan fingerprint density at radius 1 is 1.37 bits per heavy atom. The average molecular weight is 290 g/mol. The van der Waals surface area contributed by atoms with E-state index in [1.807, 2.05) is 18.2 Å². The van der Waals surface area contributed by atoms with Crippen LogP contribution >= 0.6 is 24.0 Å². The highest BCUT2D eigenvalue weighted by atomic mass is 32.1. The molecule has 1 aromatic carbocycles. The van der Waals surface area contributed by atoms with Gasteiger partial charge in [0, 0.05) is 10.3 Å². The van der Waals surface area contributed by atoms with Gasteiger partial charge in [0.2, 0.25) is 5.91 Å². The molecule has 0 atom stereocenters. The molecule has 2 heterocycles. The molecular formula is C13H10N2O2S2. The van der Waals surface area contributed by atoms with Gasteiger partial charge in [-0.15, -0.1) is 24.0 Å². The molecule has 19 heavy (non-hydrogen) atoms. The van der Waals surface area contributed by atoms with Gasteiger partial charge in [-0.2, -0.15) is 0 Å². The van der Waals surface area contributed by atoms with Crippen LogP contribution in [-0.4, -0.2) is 18.4 Å². The first-order valence-electron chi connectivity index (χ1n) is 5.63. The minimum absolute atomic E-state index is 0.0374. The number of thiol groups is 1. The van der Waals surface area contributed by atoms with Crippen molar-refractivity contribution in [3.05, 3.63) is 40.6 Å². The number of anilines is 2. The van der Waals surface area contributed by atoms with Gasteiger partial charge in [-0.3, -0.25) is 14.5 Å². The van der Waals surface area contributed by atoms with Crippen molar-refractivity contribution in [1.82, 2.24) is 0 Å². The standard InChI is InChI=1S/C13H10N2O2S2/c16-12-6-15(10-4-2-1-3-9(10)14-12)13(17)11-5-8(18)7-19-11/h1-5,7,18H,6H2,(H,14,16). The zero-order valence-electron chi connectivity index (χ0n) is 9.79. The fourth-order valence-electron chi connectivity index (χ4n) is 1.99. The van der Waals surface area contributed by atoms with E-state index in [1.54, 1.807) is 17.5 Å². The van der Waals surface area contributed by atoms with E-state index in [-0.39, 0.29) is 18.4 Å². The Labute approximate surface area is 119 Å². The summed E-state index contributed by atoms with van der Waals surface area (Å²) < 4.78 is 0. The molecule has 0 unspecified atom stereocenters. The molecule has 2 amide bonds. The van der Waals surface area contributed by atoms with Gasteiger partial charge in [0.1, 0.15) is 6.54 Å². The van der Waals surface area contributed by atoms with Crippen molar-refractivity contribution >= 4 is 47.2 Å². The van der Waals surface area contributed by atoms with Crippen LogP contribution in [0.5, 0.6) is 0 Å². The number of carbonyl (C=O) groups is 2. The largest absolute Gasteiger partial charge is 0.323 e. The molecule has 0 spiro atoms.